The average molecular weight is 548 g/mol. The Morgan fingerprint density at radius 3 is 2.17 bits per heavy atom. The Kier molecular flexibility index (Phi) is 7.17. The number of carbonyl (C=O) groups is 1. The van der Waals surface area contributed by atoms with E-state index in [1.54, 1.807) is 0 Å². The van der Waals surface area contributed by atoms with Crippen molar-refractivity contribution in [1.82, 2.24) is 0 Å². The molecule has 4 rings (SSSR count). The number of halogens is 4. The van der Waals surface area contributed by atoms with Gasteiger partial charge < -0.3 is 20.6 Å². The van der Waals surface area contributed by atoms with Gasteiger partial charge >= 0.3 is 0 Å². The Morgan fingerprint density at radius 1 is 1.08 bits per heavy atom. The van der Waals surface area contributed by atoms with Crippen molar-refractivity contribution in [1.29, 1.82) is 0 Å². The number of sulfone groups is 1. The van der Waals surface area contributed by atoms with Crippen molar-refractivity contribution < 1.29 is 41.7 Å². The number of carbonyl (C=O) groups excluding carboxylic acids is 1. The van der Waals surface area contributed by atoms with Crippen molar-refractivity contribution in [2.45, 2.75) is 60.6 Å². The zero-order valence-corrected chi connectivity index (χ0v) is 20.7. The summed E-state index contributed by atoms with van der Waals surface area (Å²) in [5.41, 5.74) is -2.13. The van der Waals surface area contributed by atoms with Crippen molar-refractivity contribution in [3.8, 4) is 0 Å². The molecule has 2 aliphatic rings. The molecule has 0 heterocycles. The summed E-state index contributed by atoms with van der Waals surface area (Å²) in [6.45, 7) is 1.36. The fourth-order valence-electron chi connectivity index (χ4n) is 5.54. The van der Waals surface area contributed by atoms with Gasteiger partial charge in [-0.25, -0.2) is 21.6 Å². The fraction of sp³-hybridized carbons (Fsp3) is 0.458. The first-order chi connectivity index (χ1) is 16.8. The van der Waals surface area contributed by atoms with Crippen LogP contribution in [0.1, 0.15) is 43.0 Å². The lowest BCUT2D eigenvalue weighted by Gasteiger charge is -2.46. The maximum Gasteiger partial charge on any atom is 0.255 e. The molecule has 196 valence electrons. The van der Waals surface area contributed by atoms with E-state index >= 15 is 0 Å². The van der Waals surface area contributed by atoms with Crippen molar-refractivity contribution in [2.75, 3.05) is 5.32 Å². The number of aliphatic hydroxyl groups excluding tert-OH is 2. The molecular formula is C24H25ClF3NO6S. The number of nitrogens with one attached hydrogen (secondary N) is 1. The van der Waals surface area contributed by atoms with Crippen LogP contribution >= 0.6 is 11.6 Å². The fourth-order valence-corrected chi connectivity index (χ4v) is 7.94. The minimum atomic E-state index is -4.10. The molecule has 2 aromatic carbocycles. The molecular weight excluding hydrogens is 523 g/mol. The highest BCUT2D eigenvalue weighted by Gasteiger charge is 2.59. The van der Waals surface area contributed by atoms with Crippen molar-refractivity contribution >= 4 is 33.0 Å². The first kappa shape index (κ1) is 26.9. The molecule has 2 aromatic rings. The second kappa shape index (κ2) is 9.60. The summed E-state index contributed by atoms with van der Waals surface area (Å²) in [6, 6.07) is 4.67. The number of hydrogen-bond donors (Lipinski definition) is 4. The highest BCUT2D eigenvalue weighted by Crippen LogP contribution is 2.54. The first-order valence-electron chi connectivity index (χ1n) is 11.3. The summed E-state index contributed by atoms with van der Waals surface area (Å²) in [6.07, 6.45) is -1.59. The molecule has 12 heteroatoms. The van der Waals surface area contributed by atoms with E-state index in [2.05, 4.69) is 5.32 Å². The van der Waals surface area contributed by atoms with Gasteiger partial charge in [0.25, 0.3) is 5.91 Å². The molecule has 2 fully saturated rings. The highest BCUT2D eigenvalue weighted by atomic mass is 35.5. The Hall–Kier alpha value is -2.18. The molecule has 4 N–H and O–H groups in total. The number of rotatable bonds is 6. The van der Waals surface area contributed by atoms with Crippen LogP contribution in [-0.2, 0) is 9.84 Å². The quantitative estimate of drug-likeness (QED) is 0.411. The van der Waals surface area contributed by atoms with Gasteiger partial charge in [-0.1, -0.05) is 11.6 Å². The Bertz CT molecular complexity index is 1270. The Morgan fingerprint density at radius 2 is 1.64 bits per heavy atom. The first-order valence-corrected chi connectivity index (χ1v) is 13.3. The lowest BCUT2D eigenvalue weighted by molar-refractivity contribution is -0.172. The van der Waals surface area contributed by atoms with Crippen LogP contribution < -0.4 is 5.32 Å². The van der Waals surface area contributed by atoms with Crippen molar-refractivity contribution in [3.63, 3.8) is 0 Å². The maximum absolute atomic E-state index is 13.6. The number of anilines is 1. The third kappa shape index (κ3) is 4.51. The predicted octanol–water partition coefficient (Wildman–Crippen LogP) is 3.44. The number of hydrogen-bond acceptors (Lipinski definition) is 6. The molecule has 0 spiro atoms. The van der Waals surface area contributed by atoms with Gasteiger partial charge in [0.05, 0.1) is 26.9 Å². The van der Waals surface area contributed by atoms with Crippen LogP contribution in [-0.4, -0.2) is 52.7 Å². The van der Waals surface area contributed by atoms with Gasteiger partial charge in [-0.05, 0) is 62.6 Å². The molecule has 0 radical (unpaired) electrons. The van der Waals surface area contributed by atoms with E-state index < -0.39 is 68.1 Å². The van der Waals surface area contributed by atoms with E-state index in [0.29, 0.717) is 25.0 Å². The summed E-state index contributed by atoms with van der Waals surface area (Å²) in [5.74, 6) is -6.72. The summed E-state index contributed by atoms with van der Waals surface area (Å²) in [4.78, 5) is 12.3. The molecule has 2 aliphatic carbocycles. The van der Waals surface area contributed by atoms with Gasteiger partial charge in [-0.2, -0.15) is 0 Å². The lowest BCUT2D eigenvalue weighted by atomic mass is 9.70. The molecule has 1 unspecified atom stereocenters. The van der Waals surface area contributed by atoms with Gasteiger partial charge in [0.2, 0.25) is 0 Å². The van der Waals surface area contributed by atoms with E-state index in [0.717, 1.165) is 6.07 Å². The van der Waals surface area contributed by atoms with E-state index in [1.807, 2.05) is 0 Å². The van der Waals surface area contributed by atoms with Crippen molar-refractivity contribution in [3.05, 3.63) is 58.4 Å². The standard InChI is InChI=1S/C24H25ClF3NO6S/c1-11(30)22(31)24(33)13-3-4-14(24)8-16(7-13)36(34,35)20-6-12(2-5-17(20)25)23(32)29-15-9-18(26)21(28)19(27)10-15/h2,5-6,9-11,13-14,16,22,30-31,33H,3-4,7-8H2,1H3,(H,29,32)/t11-,13-,14?,16-,22+,24-/m0/s1. The van der Waals surface area contributed by atoms with Gasteiger partial charge in [0, 0.05) is 23.4 Å². The number of amides is 1. The summed E-state index contributed by atoms with van der Waals surface area (Å²) >= 11 is 6.19. The molecule has 36 heavy (non-hydrogen) atoms. The predicted molar refractivity (Wildman–Crippen MR) is 125 cm³/mol. The number of fused-ring (bicyclic) bond motifs is 2. The molecule has 6 atom stereocenters. The third-order valence-electron chi connectivity index (χ3n) is 7.38. The average Bonchev–Trinajstić information content (AvgIpc) is 2.98. The lowest BCUT2D eigenvalue weighted by Crippen LogP contribution is -2.58. The van der Waals surface area contributed by atoms with Gasteiger partial charge in [-0.15, -0.1) is 0 Å². The molecule has 0 aromatic heterocycles. The van der Waals surface area contributed by atoms with Crippen molar-refractivity contribution in [2.24, 2.45) is 11.8 Å². The number of benzene rings is 2. The molecule has 7 nitrogen and oxygen atoms in total. The van der Waals surface area contributed by atoms with E-state index in [4.69, 9.17) is 11.6 Å². The van der Waals surface area contributed by atoms with Crippen LogP contribution in [0.4, 0.5) is 18.9 Å². The minimum Gasteiger partial charge on any atom is -0.391 e. The topological polar surface area (TPSA) is 124 Å². The van der Waals surface area contributed by atoms with Crippen LogP contribution in [0.5, 0.6) is 0 Å². The summed E-state index contributed by atoms with van der Waals surface area (Å²) < 4.78 is 67.2. The normalized spacial score (nSPS) is 27.5. The smallest absolute Gasteiger partial charge is 0.255 e. The third-order valence-corrected chi connectivity index (χ3v) is 10.0. The summed E-state index contributed by atoms with van der Waals surface area (Å²) in [7, 11) is -4.10. The monoisotopic (exact) mass is 547 g/mol. The molecule has 0 saturated heterocycles. The second-order valence-corrected chi connectivity index (χ2v) is 12.1. The van der Waals surface area contributed by atoms with Crippen LogP contribution in [0.2, 0.25) is 5.02 Å². The molecule has 1 amide bonds. The number of aliphatic hydroxyl groups is 3. The van der Waals surface area contributed by atoms with Gasteiger partial charge in [-0.3, -0.25) is 4.79 Å². The van der Waals surface area contributed by atoms with E-state index in [1.165, 1.54) is 19.1 Å². The van der Waals surface area contributed by atoms with E-state index in [9.17, 15) is 41.7 Å². The van der Waals surface area contributed by atoms with Crippen LogP contribution in [0, 0.1) is 29.3 Å². The zero-order chi connectivity index (χ0) is 26.6. The maximum atomic E-state index is 13.6. The Labute approximate surface area is 210 Å². The minimum absolute atomic E-state index is 0.0278. The van der Waals surface area contributed by atoms with Crippen LogP contribution in [0.25, 0.3) is 0 Å². The molecule has 2 saturated carbocycles. The highest BCUT2D eigenvalue weighted by molar-refractivity contribution is 7.92. The van der Waals surface area contributed by atoms with Gasteiger partial charge in [0.15, 0.2) is 27.3 Å². The van der Waals surface area contributed by atoms with Crippen LogP contribution in [0.15, 0.2) is 35.2 Å². The summed E-state index contributed by atoms with van der Waals surface area (Å²) in [5, 5.41) is 32.5. The van der Waals surface area contributed by atoms with Crippen LogP contribution in [0.3, 0.4) is 0 Å². The van der Waals surface area contributed by atoms with Gasteiger partial charge in [0.1, 0.15) is 6.10 Å². The molecule has 0 aliphatic heterocycles. The SMILES string of the molecule is C[C@H](O)[C@@H](O)[C@@]1(O)C2CC[C@H]1C[C@H](S(=O)(=O)c1cc(C(=O)Nc3cc(F)c(F)c(F)c3)ccc1Cl)C2. The zero-order valence-electron chi connectivity index (χ0n) is 19.1. The molecule has 2 bridgehead atoms. The Balaban J connectivity index is 1.59. The second-order valence-electron chi connectivity index (χ2n) is 9.54. The largest absolute Gasteiger partial charge is 0.391 e. The van der Waals surface area contributed by atoms with E-state index in [-0.39, 0.29) is 34.0 Å².